The van der Waals surface area contributed by atoms with Crippen molar-refractivity contribution >= 4 is 22.8 Å². The summed E-state index contributed by atoms with van der Waals surface area (Å²) in [6.45, 7) is 0. The molecule has 0 unspecified atom stereocenters. The van der Waals surface area contributed by atoms with E-state index in [0.29, 0.717) is 0 Å². The van der Waals surface area contributed by atoms with E-state index in [1.165, 1.54) is 31.3 Å². The zero-order valence-corrected chi connectivity index (χ0v) is 11.9. The first-order chi connectivity index (χ1) is 10.9. The lowest BCUT2D eigenvalue weighted by Crippen LogP contribution is -2.23. The maximum Gasteiger partial charge on any atom is 0.229 e. The zero-order valence-electron chi connectivity index (χ0n) is 11.9. The van der Waals surface area contributed by atoms with Gasteiger partial charge in [0.15, 0.2) is 11.3 Å². The number of fused-ring (bicyclic) bond motifs is 1. The summed E-state index contributed by atoms with van der Waals surface area (Å²) in [5.41, 5.74) is 4.29. The topological polar surface area (TPSA) is 144 Å². The number of carbonyl (C=O) groups excluding carboxylic acids is 1. The van der Waals surface area contributed by atoms with E-state index in [2.05, 4.69) is 15.1 Å². The van der Waals surface area contributed by atoms with E-state index in [-0.39, 0.29) is 28.3 Å². The summed E-state index contributed by atoms with van der Waals surface area (Å²) in [4.78, 5) is 32.3. The molecule has 4 N–H and O–H groups in total. The minimum Gasteiger partial charge on any atom is -0.508 e. The van der Waals surface area contributed by atoms with Crippen LogP contribution in [0.15, 0.2) is 29.1 Å². The fourth-order valence-electron chi connectivity index (χ4n) is 2.18. The van der Waals surface area contributed by atoms with E-state index in [1.807, 2.05) is 0 Å². The molecule has 0 aliphatic rings. The zero-order chi connectivity index (χ0) is 16.7. The molecule has 0 bridgehead atoms. The maximum atomic E-state index is 12.5. The summed E-state index contributed by atoms with van der Waals surface area (Å²) >= 11 is 0. The Morgan fingerprint density at radius 1 is 1.26 bits per heavy atom. The Morgan fingerprint density at radius 3 is 2.70 bits per heavy atom. The number of ketones is 1. The monoisotopic (exact) mass is 313 g/mol. The standard InChI is InChI=1S/C14H11N5O4/c1-19-12-8(13(23)17-14(15)16-12)11(22)9(18-19)10(21)6-3-2-4-7(20)5-6/h2-5,20H,1H3,(H3,15,16,17,23). The summed E-state index contributed by atoms with van der Waals surface area (Å²) in [7, 11) is 1.45. The first kappa shape index (κ1) is 14.4. The normalized spacial score (nSPS) is 10.8. The molecule has 0 saturated carbocycles. The van der Waals surface area contributed by atoms with Gasteiger partial charge in [0.2, 0.25) is 23.0 Å². The number of anilines is 1. The van der Waals surface area contributed by atoms with Gasteiger partial charge >= 0.3 is 0 Å². The summed E-state index contributed by atoms with van der Waals surface area (Å²) in [5, 5.41) is 23.0. The molecule has 3 aromatic rings. The third kappa shape index (κ3) is 2.33. The number of benzene rings is 1. The summed E-state index contributed by atoms with van der Waals surface area (Å²) in [6, 6.07) is 5.51. The fourth-order valence-corrected chi connectivity index (χ4v) is 2.18. The van der Waals surface area contributed by atoms with Gasteiger partial charge in [0.1, 0.15) is 11.1 Å². The van der Waals surface area contributed by atoms with Crippen LogP contribution < -0.4 is 11.2 Å². The van der Waals surface area contributed by atoms with Crippen molar-refractivity contribution in [3.8, 4) is 11.6 Å². The highest BCUT2D eigenvalue weighted by Crippen LogP contribution is 2.19. The fraction of sp³-hybridized carbons (Fsp3) is 0.0714. The highest BCUT2D eigenvalue weighted by Gasteiger charge is 2.22. The third-order valence-corrected chi connectivity index (χ3v) is 3.21. The van der Waals surface area contributed by atoms with Crippen LogP contribution in [0.3, 0.4) is 0 Å². The lowest BCUT2D eigenvalue weighted by Gasteiger charge is -2.08. The van der Waals surface area contributed by atoms with Crippen LogP contribution >= 0.6 is 0 Å². The predicted molar refractivity (Wildman–Crippen MR) is 80.2 cm³/mol. The molecule has 0 fully saturated rings. The van der Waals surface area contributed by atoms with Gasteiger partial charge in [-0.2, -0.15) is 15.1 Å². The van der Waals surface area contributed by atoms with Crippen LogP contribution in [-0.4, -0.2) is 35.7 Å². The number of aromatic hydroxyl groups is 2. The highest BCUT2D eigenvalue weighted by molar-refractivity contribution is 6.09. The molecule has 0 amide bonds. The smallest absolute Gasteiger partial charge is 0.229 e. The van der Waals surface area contributed by atoms with Crippen LogP contribution in [-0.2, 0) is 7.05 Å². The number of rotatable bonds is 2. The molecule has 3 rings (SSSR count). The first-order valence-corrected chi connectivity index (χ1v) is 6.45. The molecular weight excluding hydrogens is 302 g/mol. The number of phenolic OH excluding ortho intramolecular Hbond substituents is 1. The average Bonchev–Trinajstić information content (AvgIpc) is 2.49. The molecule has 0 radical (unpaired) electrons. The molecule has 9 heteroatoms. The lowest BCUT2D eigenvalue weighted by atomic mass is 10.1. The van der Waals surface area contributed by atoms with Gasteiger partial charge in [-0.15, -0.1) is 0 Å². The van der Waals surface area contributed by atoms with Crippen LogP contribution in [0.25, 0.3) is 11.0 Å². The highest BCUT2D eigenvalue weighted by atomic mass is 16.3. The van der Waals surface area contributed by atoms with Gasteiger partial charge in [-0.3, -0.25) is 9.59 Å². The Morgan fingerprint density at radius 2 is 2.00 bits per heavy atom. The van der Waals surface area contributed by atoms with E-state index in [1.54, 1.807) is 0 Å². The quantitative estimate of drug-likeness (QED) is 0.558. The third-order valence-electron chi connectivity index (χ3n) is 3.21. The average molecular weight is 313 g/mol. The van der Waals surface area contributed by atoms with Gasteiger partial charge in [0.05, 0.1) is 0 Å². The van der Waals surface area contributed by atoms with Crippen LogP contribution in [0.2, 0.25) is 0 Å². The van der Waals surface area contributed by atoms with Crippen molar-refractivity contribution in [1.82, 2.24) is 19.7 Å². The van der Waals surface area contributed by atoms with Crippen LogP contribution in [0.5, 0.6) is 11.6 Å². The predicted octanol–water partition coefficient (Wildman–Crippen LogP) is -0.0521. The minimum absolute atomic E-state index is 0.00691. The first-order valence-electron chi connectivity index (χ1n) is 6.45. The van der Waals surface area contributed by atoms with Crippen molar-refractivity contribution in [2.45, 2.75) is 0 Å². The molecular formula is C14H11N5O4. The molecule has 2 heterocycles. The summed E-state index contributed by atoms with van der Waals surface area (Å²) in [6.07, 6.45) is 0. The number of hydrogen-bond acceptors (Lipinski definition) is 8. The maximum absolute atomic E-state index is 12.5. The molecule has 0 spiro atoms. The van der Waals surface area contributed by atoms with Crippen molar-refractivity contribution in [3.63, 3.8) is 0 Å². The number of nitrogens with zero attached hydrogens (tertiary/aromatic N) is 4. The number of carbonyl (C=O) groups is 1. The number of hydrogen-bond donors (Lipinski definition) is 3. The van der Waals surface area contributed by atoms with Gasteiger partial charge in [-0.05, 0) is 12.1 Å². The Hall–Kier alpha value is -3.49. The lowest BCUT2D eigenvalue weighted by molar-refractivity contribution is 0.103. The van der Waals surface area contributed by atoms with Crippen molar-refractivity contribution in [2.24, 2.45) is 7.05 Å². The number of aryl methyl sites for hydroxylation is 1. The molecule has 1 aromatic carbocycles. The van der Waals surface area contributed by atoms with E-state index >= 15 is 0 Å². The van der Waals surface area contributed by atoms with Crippen LogP contribution in [0, 0.1) is 0 Å². The number of nitrogens with two attached hydrogens (primary N) is 1. The van der Waals surface area contributed by atoms with Crippen molar-refractivity contribution < 1.29 is 15.0 Å². The van der Waals surface area contributed by atoms with Gasteiger partial charge < -0.3 is 15.9 Å². The molecule has 2 aromatic heterocycles. The molecule has 116 valence electrons. The summed E-state index contributed by atoms with van der Waals surface area (Å²) < 4.78 is 1.16. The number of aromatic nitrogens is 4. The van der Waals surface area contributed by atoms with Gasteiger partial charge in [0.25, 0.3) is 0 Å². The van der Waals surface area contributed by atoms with Crippen molar-refractivity contribution in [3.05, 3.63) is 45.7 Å². The Labute approximate surface area is 128 Å². The second-order valence-electron chi connectivity index (χ2n) is 4.78. The van der Waals surface area contributed by atoms with Crippen molar-refractivity contribution in [2.75, 3.05) is 5.73 Å². The van der Waals surface area contributed by atoms with E-state index in [4.69, 9.17) is 5.73 Å². The molecule has 0 aliphatic heterocycles. The molecule has 23 heavy (non-hydrogen) atoms. The van der Waals surface area contributed by atoms with E-state index < -0.39 is 22.8 Å². The van der Waals surface area contributed by atoms with Crippen molar-refractivity contribution in [1.29, 1.82) is 0 Å². The molecule has 0 saturated heterocycles. The number of phenols is 1. The Balaban J connectivity index is 2.29. The van der Waals surface area contributed by atoms with Crippen LogP contribution in [0.4, 0.5) is 5.95 Å². The van der Waals surface area contributed by atoms with E-state index in [9.17, 15) is 19.8 Å². The molecule has 0 aliphatic carbocycles. The Kier molecular flexibility index (Phi) is 3.17. The minimum atomic E-state index is -0.816. The second-order valence-corrected chi connectivity index (χ2v) is 4.78. The SMILES string of the molecule is Cn1nc(C(=O)c2cccc(O)c2)c(=O)c2c(O)nc(N)nc21. The van der Waals surface area contributed by atoms with Gasteiger partial charge in [-0.25, -0.2) is 4.68 Å². The number of nitrogen functional groups attached to an aromatic ring is 1. The Bertz CT molecular complexity index is 1010. The molecule has 0 atom stereocenters. The van der Waals surface area contributed by atoms with Gasteiger partial charge in [0, 0.05) is 12.6 Å². The molecule has 9 nitrogen and oxygen atoms in total. The van der Waals surface area contributed by atoms with E-state index in [0.717, 1.165) is 4.68 Å². The van der Waals surface area contributed by atoms with Gasteiger partial charge in [-0.1, -0.05) is 12.1 Å². The largest absolute Gasteiger partial charge is 0.508 e. The van der Waals surface area contributed by atoms with Crippen LogP contribution in [0.1, 0.15) is 16.1 Å². The second kappa shape index (κ2) is 5.05. The summed E-state index contributed by atoms with van der Waals surface area (Å²) in [5.74, 6) is -1.66.